The molecule has 0 aliphatic carbocycles. The van der Waals surface area contributed by atoms with Crippen molar-refractivity contribution in [1.82, 2.24) is 4.90 Å². The normalized spacial score (nSPS) is 15.6. The fourth-order valence-electron chi connectivity index (χ4n) is 0.902. The van der Waals surface area contributed by atoms with Crippen LogP contribution < -0.4 is 0 Å². The third-order valence-electron chi connectivity index (χ3n) is 1.73. The van der Waals surface area contributed by atoms with Crippen LogP contribution in [0, 0.1) is 0 Å². The minimum absolute atomic E-state index is 0.359. The standard InChI is InChI=1S/C5H11NS.C5H8O2/c1-2-6-3-4-7-5-6;1-3-5(6)7-4-2/h2-5H2,1H3;3H,1,4H2,2H3. The molecule has 0 spiro atoms. The summed E-state index contributed by atoms with van der Waals surface area (Å²) in [5.74, 6) is 2.24. The molecule has 0 aromatic rings. The summed E-state index contributed by atoms with van der Waals surface area (Å²) in [4.78, 5) is 12.5. The van der Waals surface area contributed by atoms with E-state index in [2.05, 4.69) is 23.1 Å². The Morgan fingerprint density at radius 2 is 2.36 bits per heavy atom. The van der Waals surface area contributed by atoms with Gasteiger partial charge in [-0.3, -0.25) is 4.90 Å². The second kappa shape index (κ2) is 9.09. The Labute approximate surface area is 90.5 Å². The highest BCUT2D eigenvalue weighted by atomic mass is 32.2. The lowest BCUT2D eigenvalue weighted by Gasteiger charge is -2.07. The number of ether oxygens (including phenoxy) is 1. The van der Waals surface area contributed by atoms with E-state index in [9.17, 15) is 4.79 Å². The van der Waals surface area contributed by atoms with E-state index in [-0.39, 0.29) is 5.97 Å². The maximum atomic E-state index is 10.1. The molecule has 0 bridgehead atoms. The summed E-state index contributed by atoms with van der Waals surface area (Å²) in [5.41, 5.74) is 0. The molecule has 1 heterocycles. The summed E-state index contributed by atoms with van der Waals surface area (Å²) < 4.78 is 4.43. The van der Waals surface area contributed by atoms with Crippen molar-refractivity contribution in [1.29, 1.82) is 0 Å². The van der Waals surface area contributed by atoms with Gasteiger partial charge >= 0.3 is 5.97 Å². The van der Waals surface area contributed by atoms with Gasteiger partial charge in [-0.25, -0.2) is 4.79 Å². The van der Waals surface area contributed by atoms with E-state index in [1.807, 2.05) is 11.8 Å². The molecule has 0 amide bonds. The zero-order chi connectivity index (χ0) is 10.8. The zero-order valence-electron chi connectivity index (χ0n) is 8.99. The first kappa shape index (κ1) is 13.5. The molecule has 0 radical (unpaired) electrons. The number of thioether (sulfide) groups is 1. The summed E-state index contributed by atoms with van der Waals surface area (Å²) in [7, 11) is 0. The number of hydrogen-bond acceptors (Lipinski definition) is 4. The van der Waals surface area contributed by atoms with Crippen LogP contribution in [0.4, 0.5) is 0 Å². The van der Waals surface area contributed by atoms with Gasteiger partial charge in [0.1, 0.15) is 0 Å². The van der Waals surface area contributed by atoms with Crippen molar-refractivity contribution in [2.75, 3.05) is 31.3 Å². The van der Waals surface area contributed by atoms with Crippen molar-refractivity contribution in [2.45, 2.75) is 13.8 Å². The molecule has 1 fully saturated rings. The quantitative estimate of drug-likeness (QED) is 0.532. The molecule has 1 aliphatic heterocycles. The van der Waals surface area contributed by atoms with Crippen LogP contribution in [0.5, 0.6) is 0 Å². The summed E-state index contributed by atoms with van der Waals surface area (Å²) >= 11 is 2.03. The first-order chi connectivity index (χ1) is 6.74. The van der Waals surface area contributed by atoms with E-state index in [1.165, 1.54) is 24.7 Å². The molecule has 0 saturated carbocycles. The average molecular weight is 217 g/mol. The maximum Gasteiger partial charge on any atom is 0.330 e. The third-order valence-corrected chi connectivity index (χ3v) is 2.75. The predicted octanol–water partition coefficient (Wildman–Crippen LogP) is 1.75. The zero-order valence-corrected chi connectivity index (χ0v) is 9.81. The summed E-state index contributed by atoms with van der Waals surface area (Å²) in [6.45, 7) is 10.1. The second-order valence-electron chi connectivity index (χ2n) is 2.70. The van der Waals surface area contributed by atoms with Gasteiger partial charge in [0, 0.05) is 24.3 Å². The molecule has 0 aromatic heterocycles. The molecule has 82 valence electrons. The van der Waals surface area contributed by atoms with Crippen molar-refractivity contribution < 1.29 is 9.53 Å². The highest BCUT2D eigenvalue weighted by molar-refractivity contribution is 7.99. The van der Waals surface area contributed by atoms with E-state index in [4.69, 9.17) is 0 Å². The molecule has 14 heavy (non-hydrogen) atoms. The van der Waals surface area contributed by atoms with Gasteiger partial charge in [-0.15, -0.1) is 11.8 Å². The van der Waals surface area contributed by atoms with Crippen LogP contribution >= 0.6 is 11.8 Å². The third kappa shape index (κ3) is 6.97. The first-order valence-corrected chi connectivity index (χ1v) is 5.99. The van der Waals surface area contributed by atoms with Crippen LogP contribution in [0.3, 0.4) is 0 Å². The molecule has 0 unspecified atom stereocenters. The lowest BCUT2D eigenvalue weighted by molar-refractivity contribution is -0.137. The molecule has 3 nitrogen and oxygen atoms in total. The number of nitrogens with zero attached hydrogens (tertiary/aromatic N) is 1. The van der Waals surface area contributed by atoms with Crippen LogP contribution in [-0.4, -0.2) is 42.2 Å². The Morgan fingerprint density at radius 3 is 2.57 bits per heavy atom. The Balaban J connectivity index is 0.000000241. The SMILES string of the molecule is C=CC(=O)OCC.CCN1CCSC1. The number of esters is 1. The Kier molecular flexibility index (Phi) is 8.78. The van der Waals surface area contributed by atoms with Crippen molar-refractivity contribution >= 4 is 17.7 Å². The van der Waals surface area contributed by atoms with Gasteiger partial charge in [0.15, 0.2) is 0 Å². The lowest BCUT2D eigenvalue weighted by Crippen LogP contribution is -2.17. The Hall–Kier alpha value is -0.480. The molecule has 1 saturated heterocycles. The van der Waals surface area contributed by atoms with Crippen LogP contribution in [0.1, 0.15) is 13.8 Å². The van der Waals surface area contributed by atoms with Crippen LogP contribution in [0.25, 0.3) is 0 Å². The second-order valence-corrected chi connectivity index (χ2v) is 3.78. The Morgan fingerprint density at radius 1 is 1.64 bits per heavy atom. The maximum absolute atomic E-state index is 10.1. The van der Waals surface area contributed by atoms with Gasteiger partial charge in [-0.05, 0) is 13.5 Å². The highest BCUT2D eigenvalue weighted by Gasteiger charge is 2.07. The number of hydrogen-bond donors (Lipinski definition) is 0. The molecule has 1 aliphatic rings. The molecule has 4 heteroatoms. The Bertz CT molecular complexity index is 168. The fraction of sp³-hybridized carbons (Fsp3) is 0.700. The van der Waals surface area contributed by atoms with E-state index in [0.29, 0.717) is 6.61 Å². The monoisotopic (exact) mass is 217 g/mol. The first-order valence-electron chi connectivity index (χ1n) is 4.83. The van der Waals surface area contributed by atoms with Gasteiger partial charge < -0.3 is 4.74 Å². The van der Waals surface area contributed by atoms with Crippen molar-refractivity contribution in [2.24, 2.45) is 0 Å². The average Bonchev–Trinajstić information content (AvgIpc) is 2.71. The van der Waals surface area contributed by atoms with Crippen LogP contribution in [-0.2, 0) is 9.53 Å². The van der Waals surface area contributed by atoms with E-state index in [1.54, 1.807) is 6.92 Å². The predicted molar refractivity (Wildman–Crippen MR) is 61.4 cm³/mol. The van der Waals surface area contributed by atoms with Gasteiger partial charge in [-0.1, -0.05) is 13.5 Å². The van der Waals surface area contributed by atoms with Crippen LogP contribution in [0.15, 0.2) is 12.7 Å². The smallest absolute Gasteiger partial charge is 0.330 e. The van der Waals surface area contributed by atoms with E-state index < -0.39 is 0 Å². The van der Waals surface area contributed by atoms with Crippen LogP contribution in [0.2, 0.25) is 0 Å². The highest BCUT2D eigenvalue weighted by Crippen LogP contribution is 2.11. The molecular formula is C10H19NO2S. The van der Waals surface area contributed by atoms with E-state index >= 15 is 0 Å². The van der Waals surface area contributed by atoms with Crippen molar-refractivity contribution in [3.05, 3.63) is 12.7 Å². The number of carbonyl (C=O) groups excluding carboxylic acids is 1. The van der Waals surface area contributed by atoms with Gasteiger partial charge in [-0.2, -0.15) is 0 Å². The molecule has 0 atom stereocenters. The minimum atomic E-state index is -0.359. The van der Waals surface area contributed by atoms with Gasteiger partial charge in [0.2, 0.25) is 0 Å². The summed E-state index contributed by atoms with van der Waals surface area (Å²) in [6, 6.07) is 0. The lowest BCUT2D eigenvalue weighted by atomic mass is 10.6. The molecular weight excluding hydrogens is 198 g/mol. The number of rotatable bonds is 3. The fourth-order valence-corrected chi connectivity index (χ4v) is 1.99. The number of carbonyl (C=O) groups is 1. The van der Waals surface area contributed by atoms with E-state index in [0.717, 1.165) is 6.08 Å². The summed E-state index contributed by atoms with van der Waals surface area (Å²) in [5, 5.41) is 0. The van der Waals surface area contributed by atoms with Crippen molar-refractivity contribution in [3.8, 4) is 0 Å². The molecule has 0 aromatic carbocycles. The van der Waals surface area contributed by atoms with Gasteiger partial charge in [0.05, 0.1) is 6.61 Å². The van der Waals surface area contributed by atoms with Crippen molar-refractivity contribution in [3.63, 3.8) is 0 Å². The molecule has 1 rings (SSSR count). The topological polar surface area (TPSA) is 29.5 Å². The summed E-state index contributed by atoms with van der Waals surface area (Å²) in [6.07, 6.45) is 1.14. The molecule has 0 N–H and O–H groups in total. The van der Waals surface area contributed by atoms with Gasteiger partial charge in [0.25, 0.3) is 0 Å². The minimum Gasteiger partial charge on any atom is -0.463 e. The largest absolute Gasteiger partial charge is 0.463 e.